The maximum atomic E-state index is 6.20. The van der Waals surface area contributed by atoms with Crippen molar-refractivity contribution in [1.82, 2.24) is 5.32 Å². The molecule has 0 radical (unpaired) electrons. The minimum Gasteiger partial charge on any atom is -0.370 e. The van der Waals surface area contributed by atoms with Gasteiger partial charge in [0.15, 0.2) is 6.29 Å². The van der Waals surface area contributed by atoms with Crippen molar-refractivity contribution >= 4 is 5.69 Å². The Bertz CT molecular complexity index is 645. The van der Waals surface area contributed by atoms with E-state index in [2.05, 4.69) is 48.3 Å². The number of hydrogen-bond donors (Lipinski definition) is 1. The SMILES string of the molecule is CCCCOC(OCCCC)C1CCC2(CC1)CN(c1ccc([C@@H]3CCCNC3)cc1)C2. The molecule has 4 nitrogen and oxygen atoms in total. The first-order chi connectivity index (χ1) is 15.7. The molecule has 3 fully saturated rings. The van der Waals surface area contributed by atoms with Gasteiger partial charge in [0.05, 0.1) is 0 Å². The smallest absolute Gasteiger partial charge is 0.160 e. The molecule has 1 aromatic rings. The molecule has 180 valence electrons. The molecule has 3 aliphatic rings. The predicted octanol–water partition coefficient (Wildman–Crippen LogP) is 6.11. The average molecular weight is 443 g/mol. The Morgan fingerprint density at radius 3 is 2.19 bits per heavy atom. The van der Waals surface area contributed by atoms with Crippen molar-refractivity contribution in [3.8, 4) is 0 Å². The van der Waals surface area contributed by atoms with E-state index >= 15 is 0 Å². The molecule has 4 heteroatoms. The first kappa shape index (κ1) is 24.0. The number of nitrogens with zero attached hydrogens (tertiary/aromatic N) is 1. The van der Waals surface area contributed by atoms with E-state index in [0.29, 0.717) is 17.3 Å². The van der Waals surface area contributed by atoms with Crippen LogP contribution in [0, 0.1) is 11.3 Å². The fraction of sp³-hybridized carbons (Fsp3) is 0.786. The summed E-state index contributed by atoms with van der Waals surface area (Å²) in [4.78, 5) is 2.59. The molecule has 1 saturated carbocycles. The van der Waals surface area contributed by atoms with Gasteiger partial charge in [0.1, 0.15) is 0 Å². The van der Waals surface area contributed by atoms with Gasteiger partial charge in [-0.2, -0.15) is 0 Å². The van der Waals surface area contributed by atoms with Gasteiger partial charge >= 0.3 is 0 Å². The first-order valence-corrected chi connectivity index (χ1v) is 13.5. The summed E-state index contributed by atoms with van der Waals surface area (Å²) in [6.45, 7) is 10.9. The Balaban J connectivity index is 1.24. The van der Waals surface area contributed by atoms with Crippen LogP contribution in [0.25, 0.3) is 0 Å². The number of nitrogens with one attached hydrogen (secondary N) is 1. The molecule has 2 heterocycles. The summed E-state index contributed by atoms with van der Waals surface area (Å²) in [5.41, 5.74) is 3.45. The Kier molecular flexibility index (Phi) is 8.90. The van der Waals surface area contributed by atoms with Crippen molar-refractivity contribution < 1.29 is 9.47 Å². The number of unbranched alkanes of at least 4 members (excludes halogenated alkanes) is 2. The van der Waals surface area contributed by atoms with Crippen LogP contribution in [0.5, 0.6) is 0 Å². The zero-order chi connectivity index (χ0) is 22.2. The number of benzene rings is 1. The lowest BCUT2D eigenvalue weighted by Crippen LogP contribution is -2.58. The van der Waals surface area contributed by atoms with Crippen LogP contribution in [0.4, 0.5) is 5.69 Å². The molecule has 0 unspecified atom stereocenters. The van der Waals surface area contributed by atoms with Gasteiger partial charge in [0.25, 0.3) is 0 Å². The van der Waals surface area contributed by atoms with Gasteiger partial charge in [0, 0.05) is 49.9 Å². The van der Waals surface area contributed by atoms with Crippen LogP contribution in [0.15, 0.2) is 24.3 Å². The minimum atomic E-state index is 0.0171. The van der Waals surface area contributed by atoms with Crippen LogP contribution in [0.3, 0.4) is 0 Å². The molecular weight excluding hydrogens is 396 g/mol. The van der Waals surface area contributed by atoms with E-state index in [4.69, 9.17) is 9.47 Å². The molecule has 1 spiro atoms. The fourth-order valence-electron chi connectivity index (χ4n) is 5.89. The highest BCUT2D eigenvalue weighted by molar-refractivity contribution is 5.51. The van der Waals surface area contributed by atoms with E-state index in [0.717, 1.165) is 32.6 Å². The molecule has 32 heavy (non-hydrogen) atoms. The summed E-state index contributed by atoms with van der Waals surface area (Å²) in [6.07, 6.45) is 12.4. The van der Waals surface area contributed by atoms with Gasteiger partial charge in [0.2, 0.25) is 0 Å². The molecule has 4 rings (SSSR count). The van der Waals surface area contributed by atoms with Crippen LogP contribution >= 0.6 is 0 Å². The molecular formula is C28H46N2O2. The second-order valence-electron chi connectivity index (χ2n) is 10.6. The predicted molar refractivity (Wildman–Crippen MR) is 133 cm³/mol. The molecule has 1 aromatic carbocycles. The standard InChI is InChI=1S/C28H46N2O2/c1-3-5-18-31-27(32-19-6-4-2)24-13-15-28(16-14-24)21-30(22-28)26-11-9-23(10-12-26)25-8-7-17-29-20-25/h9-12,24-25,27,29H,3-8,13-22H2,1-2H3/t25-/m1/s1. The second-order valence-corrected chi connectivity index (χ2v) is 10.6. The normalized spacial score (nSPS) is 23.6. The summed E-state index contributed by atoms with van der Waals surface area (Å²) in [7, 11) is 0. The van der Waals surface area contributed by atoms with E-state index in [9.17, 15) is 0 Å². The molecule has 0 aromatic heterocycles. The number of rotatable bonds is 11. The maximum Gasteiger partial charge on any atom is 0.160 e. The third-order valence-electron chi connectivity index (χ3n) is 8.11. The lowest BCUT2D eigenvalue weighted by molar-refractivity contribution is -0.183. The highest BCUT2D eigenvalue weighted by Gasteiger charge is 2.46. The lowest BCUT2D eigenvalue weighted by atomic mass is 9.65. The van der Waals surface area contributed by atoms with Crippen LogP contribution in [-0.2, 0) is 9.47 Å². The molecule has 1 atom stereocenters. The lowest BCUT2D eigenvalue weighted by Gasteiger charge is -2.55. The number of ether oxygens (including phenoxy) is 2. The Labute approximate surface area is 196 Å². The molecule has 1 aliphatic carbocycles. The zero-order valence-corrected chi connectivity index (χ0v) is 20.6. The zero-order valence-electron chi connectivity index (χ0n) is 20.6. The van der Waals surface area contributed by atoms with Crippen molar-refractivity contribution in [2.24, 2.45) is 11.3 Å². The van der Waals surface area contributed by atoms with E-state index in [1.54, 1.807) is 0 Å². The second kappa shape index (κ2) is 11.9. The topological polar surface area (TPSA) is 33.7 Å². The van der Waals surface area contributed by atoms with E-state index in [1.165, 1.54) is 82.3 Å². The van der Waals surface area contributed by atoms with Gasteiger partial charge < -0.3 is 19.7 Å². The van der Waals surface area contributed by atoms with Crippen LogP contribution in [0.2, 0.25) is 0 Å². The van der Waals surface area contributed by atoms with Crippen molar-refractivity contribution in [3.63, 3.8) is 0 Å². The third-order valence-corrected chi connectivity index (χ3v) is 8.11. The van der Waals surface area contributed by atoms with Crippen LogP contribution in [0.1, 0.15) is 89.5 Å². The third kappa shape index (κ3) is 6.07. The molecule has 2 saturated heterocycles. The van der Waals surface area contributed by atoms with Gasteiger partial charge in [-0.05, 0) is 81.5 Å². The van der Waals surface area contributed by atoms with E-state index in [1.807, 2.05) is 0 Å². The summed E-state index contributed by atoms with van der Waals surface area (Å²) in [5.74, 6) is 1.27. The Hall–Kier alpha value is -1.10. The molecule has 0 bridgehead atoms. The average Bonchev–Trinajstić information content (AvgIpc) is 2.83. The number of hydrogen-bond acceptors (Lipinski definition) is 4. The van der Waals surface area contributed by atoms with Gasteiger partial charge in [-0.3, -0.25) is 0 Å². The highest BCUT2D eigenvalue weighted by atomic mass is 16.7. The number of piperidine rings is 1. The van der Waals surface area contributed by atoms with E-state index < -0.39 is 0 Å². The monoisotopic (exact) mass is 442 g/mol. The van der Waals surface area contributed by atoms with Crippen molar-refractivity contribution in [3.05, 3.63) is 29.8 Å². The summed E-state index contributed by atoms with van der Waals surface area (Å²) >= 11 is 0. The maximum absolute atomic E-state index is 6.20. The van der Waals surface area contributed by atoms with Crippen LogP contribution < -0.4 is 10.2 Å². The minimum absolute atomic E-state index is 0.0171. The first-order valence-electron chi connectivity index (χ1n) is 13.5. The fourth-order valence-corrected chi connectivity index (χ4v) is 5.89. The van der Waals surface area contributed by atoms with Crippen LogP contribution in [-0.4, -0.2) is 45.7 Å². The summed E-state index contributed by atoms with van der Waals surface area (Å²) in [6, 6.07) is 9.48. The summed E-state index contributed by atoms with van der Waals surface area (Å²) < 4.78 is 12.4. The Morgan fingerprint density at radius 2 is 1.62 bits per heavy atom. The van der Waals surface area contributed by atoms with Gasteiger partial charge in [-0.25, -0.2) is 0 Å². The molecule has 0 amide bonds. The van der Waals surface area contributed by atoms with Crippen molar-refractivity contribution in [2.45, 2.75) is 90.3 Å². The molecule has 2 aliphatic heterocycles. The van der Waals surface area contributed by atoms with E-state index in [-0.39, 0.29) is 6.29 Å². The quantitative estimate of drug-likeness (QED) is 0.331. The largest absolute Gasteiger partial charge is 0.370 e. The van der Waals surface area contributed by atoms with Crippen molar-refractivity contribution in [1.29, 1.82) is 0 Å². The van der Waals surface area contributed by atoms with Gasteiger partial charge in [-0.1, -0.05) is 38.8 Å². The number of anilines is 1. The van der Waals surface area contributed by atoms with Crippen molar-refractivity contribution in [2.75, 3.05) is 44.3 Å². The molecule has 1 N–H and O–H groups in total. The highest BCUT2D eigenvalue weighted by Crippen LogP contribution is 2.48. The Morgan fingerprint density at radius 1 is 0.969 bits per heavy atom. The summed E-state index contributed by atoms with van der Waals surface area (Å²) in [5, 5.41) is 3.54. The van der Waals surface area contributed by atoms with Gasteiger partial charge in [-0.15, -0.1) is 0 Å².